The Bertz CT molecular complexity index is 1600. The number of hydrogen-bond acceptors (Lipinski definition) is 7. The first kappa shape index (κ1) is 22.3. The molecule has 6 heterocycles. The lowest BCUT2D eigenvalue weighted by Crippen LogP contribution is -2.24. The van der Waals surface area contributed by atoms with Crippen molar-refractivity contribution in [1.29, 1.82) is 0 Å². The largest absolute Gasteiger partial charge is 0.360 e. The zero-order chi connectivity index (χ0) is 24.8. The number of nitrogens with one attached hydrogen (secondary N) is 2. The number of alkyl halides is 2. The molecule has 0 radical (unpaired) electrons. The first-order valence-electron chi connectivity index (χ1n) is 11.6. The first-order chi connectivity index (χ1) is 17.5. The molecule has 0 saturated heterocycles. The van der Waals surface area contributed by atoms with Gasteiger partial charge in [0.1, 0.15) is 5.82 Å². The van der Waals surface area contributed by atoms with E-state index < -0.39 is 6.55 Å². The van der Waals surface area contributed by atoms with Crippen molar-refractivity contribution in [3.8, 4) is 11.3 Å². The molecule has 0 unspecified atom stereocenters. The van der Waals surface area contributed by atoms with Gasteiger partial charge in [-0.05, 0) is 37.6 Å². The van der Waals surface area contributed by atoms with Gasteiger partial charge in [-0.25, -0.2) is 24.6 Å². The van der Waals surface area contributed by atoms with Crippen molar-refractivity contribution in [2.24, 2.45) is 0 Å². The molecule has 0 atom stereocenters. The summed E-state index contributed by atoms with van der Waals surface area (Å²) in [6.07, 6.45) is 11.1. The number of pyridine rings is 1. The second-order valence-corrected chi connectivity index (χ2v) is 8.90. The smallest absolute Gasteiger partial charge is 0.333 e. The van der Waals surface area contributed by atoms with Crippen LogP contribution < -0.4 is 5.32 Å². The molecule has 0 aromatic carbocycles. The van der Waals surface area contributed by atoms with Crippen molar-refractivity contribution in [1.82, 2.24) is 44.0 Å². The number of nitrogens with zero attached hydrogens (tertiary/aromatic N) is 8. The molecular weight excluding hydrogens is 466 g/mol. The number of H-pyrrole nitrogens is 1. The Balaban J connectivity index is 1.41. The minimum atomic E-state index is -2.71. The Morgan fingerprint density at radius 3 is 2.81 bits per heavy atom. The van der Waals surface area contributed by atoms with E-state index in [0.29, 0.717) is 39.6 Å². The number of halogens is 2. The molecule has 12 heteroatoms. The van der Waals surface area contributed by atoms with Crippen molar-refractivity contribution >= 4 is 28.2 Å². The Morgan fingerprint density at radius 2 is 2.06 bits per heavy atom. The van der Waals surface area contributed by atoms with Gasteiger partial charge in [0.25, 0.3) is 0 Å². The van der Waals surface area contributed by atoms with Gasteiger partial charge in [0.05, 0.1) is 35.8 Å². The number of aromatic nitrogens is 8. The molecule has 0 saturated carbocycles. The summed E-state index contributed by atoms with van der Waals surface area (Å²) in [5, 5.41) is 7.15. The zero-order valence-electron chi connectivity index (χ0n) is 19.8. The SMILES string of the molecule is Cc1ccnc2nc(CNc3nc(C4=CCN(C)CC4)cn4c(-c5cnn(C(F)F)c5)cnc34)[nH]c12. The minimum absolute atomic E-state index is 0.384. The fraction of sp³-hybridized carbons (Fsp3) is 0.292. The standard InChI is InChI=1S/C24H24F2N10/c1-14-3-6-27-21-20(14)32-19(33-21)11-28-22-23-29-10-18(16-9-30-36(12-16)24(25)26)35(23)13-17(31-22)15-4-7-34(2)8-5-15/h3-4,6,9-10,12-13,24H,5,7-8,11H2,1-2H3,(H,28,31)(H,27,32,33). The van der Waals surface area contributed by atoms with Gasteiger partial charge in [0.15, 0.2) is 17.1 Å². The number of aryl methyl sites for hydroxylation is 1. The van der Waals surface area contributed by atoms with E-state index in [1.165, 1.54) is 12.4 Å². The van der Waals surface area contributed by atoms with Crippen LogP contribution in [0.25, 0.3) is 33.6 Å². The lowest BCUT2D eigenvalue weighted by Gasteiger charge is -2.22. The van der Waals surface area contributed by atoms with E-state index >= 15 is 0 Å². The maximum Gasteiger partial charge on any atom is 0.333 e. The number of likely N-dealkylation sites (N-methyl/N-ethyl adjacent to an activating group) is 1. The third-order valence-corrected chi connectivity index (χ3v) is 6.40. The van der Waals surface area contributed by atoms with E-state index in [4.69, 9.17) is 4.98 Å². The highest BCUT2D eigenvalue weighted by atomic mass is 19.3. The second kappa shape index (κ2) is 8.79. The van der Waals surface area contributed by atoms with Crippen molar-refractivity contribution in [2.45, 2.75) is 26.4 Å². The monoisotopic (exact) mass is 490 g/mol. The maximum atomic E-state index is 13.1. The molecule has 36 heavy (non-hydrogen) atoms. The van der Waals surface area contributed by atoms with Gasteiger partial charge in [-0.3, -0.25) is 4.40 Å². The maximum absolute atomic E-state index is 13.1. The summed E-state index contributed by atoms with van der Waals surface area (Å²) in [7, 11) is 2.08. The second-order valence-electron chi connectivity index (χ2n) is 8.90. The number of fused-ring (bicyclic) bond motifs is 2. The summed E-state index contributed by atoms with van der Waals surface area (Å²) >= 11 is 0. The third kappa shape index (κ3) is 3.98. The number of aromatic amines is 1. The van der Waals surface area contributed by atoms with Gasteiger partial charge < -0.3 is 15.2 Å². The lowest BCUT2D eigenvalue weighted by atomic mass is 10.1. The van der Waals surface area contributed by atoms with Crippen LogP contribution in [0.3, 0.4) is 0 Å². The average molecular weight is 491 g/mol. The Labute approximate surface area is 204 Å². The van der Waals surface area contributed by atoms with Gasteiger partial charge in [-0.2, -0.15) is 13.9 Å². The summed E-state index contributed by atoms with van der Waals surface area (Å²) in [5.41, 5.74) is 6.34. The predicted octanol–water partition coefficient (Wildman–Crippen LogP) is 3.90. The van der Waals surface area contributed by atoms with Crippen molar-refractivity contribution in [2.75, 3.05) is 25.5 Å². The van der Waals surface area contributed by atoms with Gasteiger partial charge in [0.2, 0.25) is 0 Å². The average Bonchev–Trinajstić information content (AvgIpc) is 3.61. The van der Waals surface area contributed by atoms with Gasteiger partial charge >= 0.3 is 6.55 Å². The predicted molar refractivity (Wildman–Crippen MR) is 132 cm³/mol. The van der Waals surface area contributed by atoms with Crippen LogP contribution in [-0.2, 0) is 6.54 Å². The van der Waals surface area contributed by atoms with E-state index in [1.807, 2.05) is 23.6 Å². The zero-order valence-corrected chi connectivity index (χ0v) is 19.8. The Hall–Kier alpha value is -4.19. The highest BCUT2D eigenvalue weighted by Crippen LogP contribution is 2.29. The highest BCUT2D eigenvalue weighted by molar-refractivity contribution is 5.75. The molecule has 0 bridgehead atoms. The van der Waals surface area contributed by atoms with Gasteiger partial charge in [-0.1, -0.05) is 6.08 Å². The molecule has 2 N–H and O–H groups in total. The first-order valence-corrected chi connectivity index (χ1v) is 11.6. The molecule has 5 aromatic heterocycles. The number of anilines is 1. The van der Waals surface area contributed by atoms with Crippen LogP contribution in [-0.4, -0.2) is 64.1 Å². The van der Waals surface area contributed by atoms with Crippen LogP contribution in [0, 0.1) is 6.92 Å². The van der Waals surface area contributed by atoms with E-state index in [-0.39, 0.29) is 0 Å². The number of imidazole rings is 2. The molecular formula is C24H24F2N10. The Kier molecular flexibility index (Phi) is 5.44. The fourth-order valence-electron chi connectivity index (χ4n) is 4.39. The lowest BCUT2D eigenvalue weighted by molar-refractivity contribution is 0.0566. The third-order valence-electron chi connectivity index (χ3n) is 6.40. The molecule has 6 rings (SSSR count). The normalized spacial score (nSPS) is 14.8. The van der Waals surface area contributed by atoms with Crippen LogP contribution in [0.15, 0.2) is 43.1 Å². The fourth-order valence-corrected chi connectivity index (χ4v) is 4.39. The van der Waals surface area contributed by atoms with Gasteiger partial charge in [0, 0.05) is 37.2 Å². The van der Waals surface area contributed by atoms with E-state index in [0.717, 1.165) is 47.7 Å². The van der Waals surface area contributed by atoms with Crippen molar-refractivity contribution in [3.63, 3.8) is 0 Å². The molecule has 1 aliphatic heterocycles. The van der Waals surface area contributed by atoms with Crippen molar-refractivity contribution < 1.29 is 8.78 Å². The van der Waals surface area contributed by atoms with Crippen LogP contribution >= 0.6 is 0 Å². The topological polar surface area (TPSA) is 105 Å². The highest BCUT2D eigenvalue weighted by Gasteiger charge is 2.19. The molecule has 0 amide bonds. The molecule has 5 aromatic rings. The van der Waals surface area contributed by atoms with E-state index in [2.05, 4.69) is 48.4 Å². The summed E-state index contributed by atoms with van der Waals surface area (Å²) in [6.45, 7) is 1.44. The summed E-state index contributed by atoms with van der Waals surface area (Å²) < 4.78 is 28.8. The summed E-state index contributed by atoms with van der Waals surface area (Å²) in [4.78, 5) is 23.9. The molecule has 0 fully saturated rings. The van der Waals surface area contributed by atoms with E-state index in [1.54, 1.807) is 12.4 Å². The quantitative estimate of drug-likeness (QED) is 0.372. The van der Waals surface area contributed by atoms with E-state index in [9.17, 15) is 8.78 Å². The minimum Gasteiger partial charge on any atom is -0.360 e. The summed E-state index contributed by atoms with van der Waals surface area (Å²) in [5.74, 6) is 1.30. The van der Waals surface area contributed by atoms with Crippen molar-refractivity contribution in [3.05, 3.63) is 60.2 Å². The molecule has 1 aliphatic rings. The van der Waals surface area contributed by atoms with Crippen LogP contribution in [0.2, 0.25) is 0 Å². The Morgan fingerprint density at radius 1 is 1.17 bits per heavy atom. The molecule has 184 valence electrons. The molecule has 0 aliphatic carbocycles. The number of hydrogen-bond donors (Lipinski definition) is 2. The van der Waals surface area contributed by atoms with Crippen LogP contribution in [0.5, 0.6) is 0 Å². The van der Waals surface area contributed by atoms with Crippen LogP contribution in [0.1, 0.15) is 30.1 Å². The summed E-state index contributed by atoms with van der Waals surface area (Å²) in [6, 6.07) is 1.93. The molecule has 10 nitrogen and oxygen atoms in total. The van der Waals surface area contributed by atoms with Gasteiger partial charge in [-0.15, -0.1) is 0 Å². The van der Waals surface area contributed by atoms with Crippen LogP contribution in [0.4, 0.5) is 14.6 Å². The number of rotatable bonds is 6. The molecule has 0 spiro atoms.